The van der Waals surface area contributed by atoms with Gasteiger partial charge in [-0.3, -0.25) is 0 Å². The Labute approximate surface area is 127 Å². The summed E-state index contributed by atoms with van der Waals surface area (Å²) in [6.45, 7) is 4.27. The third-order valence-corrected chi connectivity index (χ3v) is 5.69. The summed E-state index contributed by atoms with van der Waals surface area (Å²) in [6.07, 6.45) is 12.7. The molecule has 3 aliphatic rings. The van der Waals surface area contributed by atoms with Gasteiger partial charge in [0.1, 0.15) is 0 Å². The number of nitrogens with one attached hydrogen (secondary N) is 1. The van der Waals surface area contributed by atoms with Gasteiger partial charge < -0.3 is 10.2 Å². The number of hydrogen-bond acceptors (Lipinski definition) is 4. The van der Waals surface area contributed by atoms with Crippen LogP contribution in [0.3, 0.4) is 0 Å². The third-order valence-electron chi connectivity index (χ3n) is 5.69. The van der Waals surface area contributed by atoms with Crippen LogP contribution in [0.5, 0.6) is 0 Å². The molecule has 114 valence electrons. The molecule has 0 bridgehead atoms. The third kappa shape index (κ3) is 2.66. The first-order valence-electron chi connectivity index (χ1n) is 8.65. The van der Waals surface area contributed by atoms with Gasteiger partial charge in [0.2, 0.25) is 5.95 Å². The minimum Gasteiger partial charge on any atom is -0.339 e. The molecule has 0 atom stereocenters. The zero-order valence-corrected chi connectivity index (χ0v) is 12.9. The molecule has 0 amide bonds. The first kappa shape index (κ1) is 13.5. The van der Waals surface area contributed by atoms with Crippen LogP contribution in [0, 0.1) is 5.41 Å². The molecule has 1 aromatic rings. The van der Waals surface area contributed by atoms with Crippen molar-refractivity contribution in [3.63, 3.8) is 0 Å². The van der Waals surface area contributed by atoms with Crippen LogP contribution in [0.4, 0.5) is 5.95 Å². The molecular formula is C17H26N4. The number of anilines is 1. The Bertz CT molecular complexity index is 500. The van der Waals surface area contributed by atoms with E-state index in [0.717, 1.165) is 38.5 Å². The highest BCUT2D eigenvalue weighted by atomic mass is 15.3. The highest BCUT2D eigenvalue weighted by molar-refractivity contribution is 5.35. The van der Waals surface area contributed by atoms with Gasteiger partial charge in [-0.2, -0.15) is 0 Å². The van der Waals surface area contributed by atoms with Crippen molar-refractivity contribution in [2.45, 2.75) is 51.4 Å². The van der Waals surface area contributed by atoms with Gasteiger partial charge in [-0.25, -0.2) is 9.97 Å². The Morgan fingerprint density at radius 2 is 1.95 bits per heavy atom. The molecule has 21 heavy (non-hydrogen) atoms. The summed E-state index contributed by atoms with van der Waals surface area (Å²) in [6, 6.07) is 0. The Kier molecular flexibility index (Phi) is 3.57. The number of hydrogen-bond donors (Lipinski definition) is 1. The van der Waals surface area contributed by atoms with Crippen molar-refractivity contribution in [2.24, 2.45) is 5.41 Å². The van der Waals surface area contributed by atoms with E-state index in [1.807, 2.05) is 0 Å². The minimum atomic E-state index is 0.602. The van der Waals surface area contributed by atoms with Crippen LogP contribution in [0.1, 0.15) is 49.8 Å². The maximum atomic E-state index is 4.92. The number of nitrogens with zero attached hydrogens (tertiary/aromatic N) is 3. The monoisotopic (exact) mass is 286 g/mol. The molecular weight excluding hydrogens is 260 g/mol. The second-order valence-electron chi connectivity index (χ2n) is 7.12. The number of aryl methyl sites for hydroxylation is 1. The van der Waals surface area contributed by atoms with E-state index >= 15 is 0 Å². The highest BCUT2D eigenvalue weighted by Gasteiger charge is 2.37. The molecule has 2 fully saturated rings. The fourth-order valence-electron chi connectivity index (χ4n) is 4.42. The summed E-state index contributed by atoms with van der Waals surface area (Å²) in [4.78, 5) is 12.0. The fourth-order valence-corrected chi connectivity index (χ4v) is 4.42. The van der Waals surface area contributed by atoms with Gasteiger partial charge in [-0.15, -0.1) is 0 Å². The summed E-state index contributed by atoms with van der Waals surface area (Å²) in [5.41, 5.74) is 3.36. The normalized spacial score (nSPS) is 24.9. The quantitative estimate of drug-likeness (QED) is 0.860. The standard InChI is InChI=1S/C17H26N4/c1-2-6-17(5-1)7-4-15-14(12-17)13-19-16(20-15)21-10-3-8-18-9-11-21/h13,18H,1-12H2. The van der Waals surface area contributed by atoms with Crippen molar-refractivity contribution >= 4 is 5.95 Å². The molecule has 1 spiro atoms. The summed E-state index contributed by atoms with van der Waals surface area (Å²) in [5.74, 6) is 0.958. The van der Waals surface area contributed by atoms with E-state index in [-0.39, 0.29) is 0 Å². The summed E-state index contributed by atoms with van der Waals surface area (Å²) in [7, 11) is 0. The minimum absolute atomic E-state index is 0.602. The van der Waals surface area contributed by atoms with E-state index < -0.39 is 0 Å². The molecule has 2 heterocycles. The van der Waals surface area contributed by atoms with E-state index in [4.69, 9.17) is 9.97 Å². The lowest BCUT2D eigenvalue weighted by Gasteiger charge is -2.34. The van der Waals surface area contributed by atoms with Crippen LogP contribution in [0.2, 0.25) is 0 Å². The molecule has 1 aromatic heterocycles. The van der Waals surface area contributed by atoms with Gasteiger partial charge in [0.05, 0.1) is 0 Å². The second kappa shape index (κ2) is 5.56. The summed E-state index contributed by atoms with van der Waals surface area (Å²) in [5, 5.41) is 3.44. The first-order chi connectivity index (χ1) is 10.3. The molecule has 1 saturated heterocycles. The fraction of sp³-hybridized carbons (Fsp3) is 0.765. The van der Waals surface area contributed by atoms with E-state index in [2.05, 4.69) is 16.4 Å². The van der Waals surface area contributed by atoms with Crippen molar-refractivity contribution in [2.75, 3.05) is 31.1 Å². The smallest absolute Gasteiger partial charge is 0.225 e. The SMILES string of the molecule is c1nc(N2CCCNCC2)nc2c1CC1(CCCC1)CC2. The lowest BCUT2D eigenvalue weighted by atomic mass is 9.72. The summed E-state index contributed by atoms with van der Waals surface area (Å²) >= 11 is 0. The van der Waals surface area contributed by atoms with Gasteiger partial charge in [0.25, 0.3) is 0 Å². The number of fused-ring (bicyclic) bond motifs is 1. The molecule has 0 aromatic carbocycles. The predicted molar refractivity (Wildman–Crippen MR) is 84.7 cm³/mol. The molecule has 0 radical (unpaired) electrons. The van der Waals surface area contributed by atoms with Crippen molar-refractivity contribution in [1.29, 1.82) is 0 Å². The maximum absolute atomic E-state index is 4.92. The average molecular weight is 286 g/mol. The predicted octanol–water partition coefficient (Wildman–Crippen LogP) is 2.33. The molecule has 1 saturated carbocycles. The van der Waals surface area contributed by atoms with Gasteiger partial charge in [-0.05, 0) is 56.0 Å². The van der Waals surface area contributed by atoms with Gasteiger partial charge in [-0.1, -0.05) is 12.8 Å². The molecule has 4 heteroatoms. The van der Waals surface area contributed by atoms with E-state index in [1.165, 1.54) is 56.2 Å². The van der Waals surface area contributed by atoms with Gasteiger partial charge in [0.15, 0.2) is 0 Å². The van der Waals surface area contributed by atoms with Crippen molar-refractivity contribution in [3.05, 3.63) is 17.5 Å². The van der Waals surface area contributed by atoms with Crippen molar-refractivity contribution in [1.82, 2.24) is 15.3 Å². The van der Waals surface area contributed by atoms with E-state index in [0.29, 0.717) is 5.41 Å². The maximum Gasteiger partial charge on any atom is 0.225 e. The molecule has 1 aliphatic heterocycles. The van der Waals surface area contributed by atoms with Crippen LogP contribution in [-0.2, 0) is 12.8 Å². The Balaban J connectivity index is 1.55. The van der Waals surface area contributed by atoms with Crippen LogP contribution < -0.4 is 10.2 Å². The van der Waals surface area contributed by atoms with E-state index in [9.17, 15) is 0 Å². The molecule has 2 aliphatic carbocycles. The van der Waals surface area contributed by atoms with Crippen molar-refractivity contribution < 1.29 is 0 Å². The Morgan fingerprint density at radius 3 is 2.86 bits per heavy atom. The molecule has 0 unspecified atom stereocenters. The molecule has 1 N–H and O–H groups in total. The van der Waals surface area contributed by atoms with Crippen LogP contribution >= 0.6 is 0 Å². The van der Waals surface area contributed by atoms with Crippen LogP contribution in [0.15, 0.2) is 6.20 Å². The topological polar surface area (TPSA) is 41.1 Å². The van der Waals surface area contributed by atoms with Gasteiger partial charge >= 0.3 is 0 Å². The Morgan fingerprint density at radius 1 is 1.05 bits per heavy atom. The highest BCUT2D eigenvalue weighted by Crippen LogP contribution is 2.47. The van der Waals surface area contributed by atoms with Crippen molar-refractivity contribution in [3.8, 4) is 0 Å². The number of aromatic nitrogens is 2. The molecule has 4 nitrogen and oxygen atoms in total. The van der Waals surface area contributed by atoms with Crippen LogP contribution in [0.25, 0.3) is 0 Å². The zero-order valence-electron chi connectivity index (χ0n) is 12.9. The van der Waals surface area contributed by atoms with E-state index in [1.54, 1.807) is 0 Å². The lowest BCUT2D eigenvalue weighted by Crippen LogP contribution is -2.31. The van der Waals surface area contributed by atoms with Gasteiger partial charge in [0, 0.05) is 31.5 Å². The molecule has 4 rings (SSSR count). The van der Waals surface area contributed by atoms with Crippen LogP contribution in [-0.4, -0.2) is 36.1 Å². The lowest BCUT2D eigenvalue weighted by molar-refractivity contribution is 0.252. The average Bonchev–Trinajstić information content (AvgIpc) is 2.79. The summed E-state index contributed by atoms with van der Waals surface area (Å²) < 4.78 is 0. The second-order valence-corrected chi connectivity index (χ2v) is 7.12. The number of rotatable bonds is 1. The Hall–Kier alpha value is -1.16. The first-order valence-corrected chi connectivity index (χ1v) is 8.65. The largest absolute Gasteiger partial charge is 0.339 e. The zero-order chi connectivity index (χ0) is 14.1.